The van der Waals surface area contributed by atoms with E-state index in [2.05, 4.69) is 10.3 Å². The van der Waals surface area contributed by atoms with Crippen molar-refractivity contribution < 1.29 is 14.2 Å². The highest BCUT2D eigenvalue weighted by atomic mass is 19.1. The van der Waals surface area contributed by atoms with Crippen LogP contribution in [0.25, 0.3) is 0 Å². The zero-order valence-electron chi connectivity index (χ0n) is 9.82. The lowest BCUT2D eigenvalue weighted by Crippen LogP contribution is -2.45. The first-order chi connectivity index (χ1) is 8.10. The largest absolute Gasteiger partial charge is 0.386 e. The fourth-order valence-corrected chi connectivity index (χ4v) is 1.98. The number of hydrogen-bond acceptors (Lipinski definition) is 4. The summed E-state index contributed by atoms with van der Waals surface area (Å²) in [4.78, 5) is 3.76. The number of rotatable bonds is 4. The number of halogens is 1. The molecule has 4 nitrogen and oxygen atoms in total. The summed E-state index contributed by atoms with van der Waals surface area (Å²) in [5.41, 5.74) is -0.0547. The maximum atomic E-state index is 12.9. The van der Waals surface area contributed by atoms with E-state index in [4.69, 9.17) is 4.74 Å². The Morgan fingerprint density at radius 3 is 3.12 bits per heavy atom. The zero-order chi connectivity index (χ0) is 12.3. The minimum Gasteiger partial charge on any atom is -0.386 e. The van der Waals surface area contributed by atoms with Crippen LogP contribution in [-0.4, -0.2) is 34.9 Å². The molecule has 2 atom stereocenters. The van der Waals surface area contributed by atoms with Crippen molar-refractivity contribution in [3.05, 3.63) is 29.8 Å². The Labute approximate surface area is 99.8 Å². The number of nitrogens with one attached hydrogen (secondary N) is 1. The molecule has 1 saturated heterocycles. The van der Waals surface area contributed by atoms with E-state index in [1.54, 1.807) is 6.20 Å². The van der Waals surface area contributed by atoms with Crippen LogP contribution in [0.15, 0.2) is 18.5 Å². The number of nitrogens with zero attached hydrogens (tertiary/aromatic N) is 1. The minimum atomic E-state index is -0.819. The van der Waals surface area contributed by atoms with Gasteiger partial charge in [-0.15, -0.1) is 0 Å². The molecular formula is C12H17FN2O2. The van der Waals surface area contributed by atoms with Crippen LogP contribution >= 0.6 is 0 Å². The Hall–Kier alpha value is -1.04. The molecule has 1 aromatic heterocycles. The average Bonchev–Trinajstić information content (AvgIpc) is 2.60. The third kappa shape index (κ3) is 3.00. The van der Waals surface area contributed by atoms with Gasteiger partial charge in [-0.05, 0) is 18.6 Å². The second-order valence-electron chi connectivity index (χ2n) is 4.48. The highest BCUT2D eigenvalue weighted by molar-refractivity contribution is 5.09. The van der Waals surface area contributed by atoms with Crippen LogP contribution in [-0.2, 0) is 11.3 Å². The van der Waals surface area contributed by atoms with Gasteiger partial charge < -0.3 is 15.2 Å². The third-order valence-electron chi connectivity index (χ3n) is 3.18. The van der Waals surface area contributed by atoms with Crippen molar-refractivity contribution in [3.63, 3.8) is 0 Å². The van der Waals surface area contributed by atoms with Gasteiger partial charge in [0.05, 0.1) is 12.3 Å². The molecule has 2 heterocycles. The molecule has 0 aliphatic carbocycles. The lowest BCUT2D eigenvalue weighted by atomic mass is 9.97. The van der Waals surface area contributed by atoms with Crippen molar-refractivity contribution >= 4 is 0 Å². The maximum absolute atomic E-state index is 12.9. The molecule has 5 heteroatoms. The van der Waals surface area contributed by atoms with Gasteiger partial charge in [0.1, 0.15) is 11.4 Å². The van der Waals surface area contributed by atoms with E-state index in [9.17, 15) is 9.50 Å². The molecule has 0 amide bonds. The zero-order valence-corrected chi connectivity index (χ0v) is 9.82. The molecule has 2 rings (SSSR count). The monoisotopic (exact) mass is 240 g/mol. The standard InChI is InChI=1S/C12H17FN2O2/c1-9-12(16,2-3-17-9)8-15-6-10-4-11(13)7-14-5-10/h4-5,7,9,15-16H,2-3,6,8H2,1H3. The summed E-state index contributed by atoms with van der Waals surface area (Å²) in [6, 6.07) is 1.43. The molecule has 2 unspecified atom stereocenters. The van der Waals surface area contributed by atoms with Crippen molar-refractivity contribution in [2.45, 2.75) is 31.6 Å². The Kier molecular flexibility index (Phi) is 3.71. The number of aliphatic hydroxyl groups is 1. The van der Waals surface area contributed by atoms with Crippen LogP contribution in [0.2, 0.25) is 0 Å². The van der Waals surface area contributed by atoms with Crippen LogP contribution < -0.4 is 5.32 Å². The van der Waals surface area contributed by atoms with E-state index in [0.29, 0.717) is 26.1 Å². The number of aromatic nitrogens is 1. The van der Waals surface area contributed by atoms with Gasteiger partial charge in [-0.25, -0.2) is 4.39 Å². The van der Waals surface area contributed by atoms with Crippen molar-refractivity contribution in [1.29, 1.82) is 0 Å². The number of hydrogen-bond donors (Lipinski definition) is 2. The highest BCUT2D eigenvalue weighted by Gasteiger charge is 2.38. The van der Waals surface area contributed by atoms with Gasteiger partial charge in [0.2, 0.25) is 0 Å². The summed E-state index contributed by atoms with van der Waals surface area (Å²) in [6.45, 7) is 3.36. The van der Waals surface area contributed by atoms with Crippen LogP contribution in [0.5, 0.6) is 0 Å². The molecule has 1 aromatic rings. The molecule has 0 aromatic carbocycles. The molecule has 94 valence electrons. The molecule has 1 fully saturated rings. The van der Waals surface area contributed by atoms with Gasteiger partial charge in [0, 0.05) is 32.3 Å². The summed E-state index contributed by atoms with van der Waals surface area (Å²) in [5, 5.41) is 13.3. The number of pyridine rings is 1. The fraction of sp³-hybridized carbons (Fsp3) is 0.583. The Bertz CT molecular complexity index is 389. The second-order valence-corrected chi connectivity index (χ2v) is 4.48. The van der Waals surface area contributed by atoms with Crippen molar-refractivity contribution in [2.24, 2.45) is 0 Å². The van der Waals surface area contributed by atoms with E-state index >= 15 is 0 Å². The quantitative estimate of drug-likeness (QED) is 0.819. The molecule has 0 radical (unpaired) electrons. The first-order valence-corrected chi connectivity index (χ1v) is 5.74. The van der Waals surface area contributed by atoms with Crippen LogP contribution in [0.3, 0.4) is 0 Å². The van der Waals surface area contributed by atoms with Crippen LogP contribution in [0, 0.1) is 5.82 Å². The van der Waals surface area contributed by atoms with Gasteiger partial charge in [0.15, 0.2) is 0 Å². The van der Waals surface area contributed by atoms with Crippen molar-refractivity contribution in [3.8, 4) is 0 Å². The number of ether oxygens (including phenoxy) is 1. The van der Waals surface area contributed by atoms with E-state index in [-0.39, 0.29) is 11.9 Å². The van der Waals surface area contributed by atoms with E-state index in [1.165, 1.54) is 12.3 Å². The molecule has 0 spiro atoms. The van der Waals surface area contributed by atoms with Gasteiger partial charge >= 0.3 is 0 Å². The van der Waals surface area contributed by atoms with E-state index < -0.39 is 5.60 Å². The molecule has 17 heavy (non-hydrogen) atoms. The molecular weight excluding hydrogens is 223 g/mol. The van der Waals surface area contributed by atoms with Crippen LogP contribution in [0.1, 0.15) is 18.9 Å². The molecule has 1 aliphatic heterocycles. The summed E-state index contributed by atoms with van der Waals surface area (Å²) in [5.74, 6) is -0.347. The normalized spacial score (nSPS) is 28.5. The Morgan fingerprint density at radius 2 is 2.47 bits per heavy atom. The van der Waals surface area contributed by atoms with Gasteiger partial charge in [-0.1, -0.05) is 0 Å². The van der Waals surface area contributed by atoms with E-state index in [1.807, 2.05) is 6.92 Å². The maximum Gasteiger partial charge on any atom is 0.141 e. The SMILES string of the molecule is CC1OCCC1(O)CNCc1cncc(F)c1. The average molecular weight is 240 g/mol. The Morgan fingerprint density at radius 1 is 1.65 bits per heavy atom. The predicted molar refractivity (Wildman–Crippen MR) is 60.9 cm³/mol. The second kappa shape index (κ2) is 5.08. The molecule has 2 N–H and O–H groups in total. The van der Waals surface area contributed by atoms with Crippen LogP contribution in [0.4, 0.5) is 4.39 Å². The lowest BCUT2D eigenvalue weighted by Gasteiger charge is -2.26. The topological polar surface area (TPSA) is 54.4 Å². The van der Waals surface area contributed by atoms with Gasteiger partial charge in [0.25, 0.3) is 0 Å². The van der Waals surface area contributed by atoms with Gasteiger partial charge in [-0.3, -0.25) is 4.98 Å². The lowest BCUT2D eigenvalue weighted by molar-refractivity contribution is -0.0263. The summed E-state index contributed by atoms with van der Waals surface area (Å²) in [6.07, 6.45) is 3.24. The molecule has 0 saturated carbocycles. The fourth-order valence-electron chi connectivity index (χ4n) is 1.98. The summed E-state index contributed by atoms with van der Waals surface area (Å²) >= 11 is 0. The van der Waals surface area contributed by atoms with Crippen molar-refractivity contribution in [2.75, 3.05) is 13.2 Å². The van der Waals surface area contributed by atoms with Crippen molar-refractivity contribution in [1.82, 2.24) is 10.3 Å². The molecule has 1 aliphatic rings. The summed E-state index contributed by atoms with van der Waals surface area (Å²) < 4.78 is 18.2. The predicted octanol–water partition coefficient (Wildman–Crippen LogP) is 0.850. The Balaban J connectivity index is 1.83. The highest BCUT2D eigenvalue weighted by Crippen LogP contribution is 2.24. The van der Waals surface area contributed by atoms with E-state index in [0.717, 1.165) is 5.56 Å². The smallest absolute Gasteiger partial charge is 0.141 e. The van der Waals surface area contributed by atoms with Gasteiger partial charge in [-0.2, -0.15) is 0 Å². The first-order valence-electron chi connectivity index (χ1n) is 5.74. The third-order valence-corrected chi connectivity index (χ3v) is 3.18. The summed E-state index contributed by atoms with van der Waals surface area (Å²) in [7, 11) is 0. The molecule has 0 bridgehead atoms. The first kappa shape index (κ1) is 12.4. The minimum absolute atomic E-state index is 0.166.